The molecule has 0 amide bonds. The molecule has 2 aromatic carbocycles. The summed E-state index contributed by atoms with van der Waals surface area (Å²) in [5, 5.41) is 0.787. The van der Waals surface area contributed by atoms with E-state index in [1.54, 1.807) is 0 Å². The van der Waals surface area contributed by atoms with Gasteiger partial charge in [-0.05, 0) is 69.4 Å². The monoisotopic (exact) mass is 300 g/mol. The van der Waals surface area contributed by atoms with Crippen LogP contribution in [0.1, 0.15) is 12.8 Å². The number of benzene rings is 2. The van der Waals surface area contributed by atoms with Crippen molar-refractivity contribution in [3.63, 3.8) is 0 Å². The lowest BCUT2D eigenvalue weighted by atomic mass is 10.0. The standard InChI is InChI=1S/C18H21ClN2/c1-20-13-11-18(12-14-20)21(16-5-3-2-4-6-16)17-9-7-15(19)8-10-17/h2-10,18H,11-14H2,1H3. The maximum absolute atomic E-state index is 6.04. The highest BCUT2D eigenvalue weighted by atomic mass is 35.5. The quantitative estimate of drug-likeness (QED) is 0.819. The average molecular weight is 301 g/mol. The smallest absolute Gasteiger partial charge is 0.0414 e. The molecule has 0 aliphatic carbocycles. The van der Waals surface area contributed by atoms with Gasteiger partial charge in [0, 0.05) is 22.4 Å². The molecule has 0 N–H and O–H groups in total. The van der Waals surface area contributed by atoms with Crippen molar-refractivity contribution < 1.29 is 0 Å². The van der Waals surface area contributed by atoms with Gasteiger partial charge in [-0.2, -0.15) is 0 Å². The van der Waals surface area contributed by atoms with Crippen LogP contribution < -0.4 is 4.90 Å². The Hall–Kier alpha value is -1.51. The van der Waals surface area contributed by atoms with Gasteiger partial charge in [0.25, 0.3) is 0 Å². The molecule has 1 aliphatic rings. The third kappa shape index (κ3) is 3.39. The predicted molar refractivity (Wildman–Crippen MR) is 90.6 cm³/mol. The molecule has 0 aromatic heterocycles. The van der Waals surface area contributed by atoms with Crippen LogP contribution in [-0.4, -0.2) is 31.1 Å². The molecule has 0 bridgehead atoms. The summed E-state index contributed by atoms with van der Waals surface area (Å²) in [6.45, 7) is 2.31. The molecule has 0 radical (unpaired) electrons. The lowest BCUT2D eigenvalue weighted by Gasteiger charge is -2.38. The molecule has 2 nitrogen and oxygen atoms in total. The number of likely N-dealkylation sites (tertiary alicyclic amines) is 1. The number of rotatable bonds is 3. The Morgan fingerprint density at radius 2 is 1.48 bits per heavy atom. The summed E-state index contributed by atoms with van der Waals surface area (Å²) < 4.78 is 0. The molecule has 0 spiro atoms. The van der Waals surface area contributed by atoms with E-state index in [0.29, 0.717) is 6.04 Å². The van der Waals surface area contributed by atoms with Gasteiger partial charge in [0.05, 0.1) is 0 Å². The zero-order valence-electron chi connectivity index (χ0n) is 12.4. The Balaban J connectivity index is 1.93. The van der Waals surface area contributed by atoms with Crippen LogP contribution in [0.25, 0.3) is 0 Å². The molecular formula is C18H21ClN2. The number of para-hydroxylation sites is 1. The number of piperidine rings is 1. The zero-order valence-corrected chi connectivity index (χ0v) is 13.1. The fourth-order valence-electron chi connectivity index (χ4n) is 3.01. The van der Waals surface area contributed by atoms with Crippen LogP contribution in [0.5, 0.6) is 0 Å². The molecule has 1 fully saturated rings. The van der Waals surface area contributed by atoms with E-state index in [4.69, 9.17) is 11.6 Å². The van der Waals surface area contributed by atoms with Crippen molar-refractivity contribution in [2.45, 2.75) is 18.9 Å². The van der Waals surface area contributed by atoms with Crippen molar-refractivity contribution in [3.8, 4) is 0 Å². The molecular weight excluding hydrogens is 280 g/mol. The Kier molecular flexibility index (Phi) is 4.47. The molecule has 2 aromatic rings. The van der Waals surface area contributed by atoms with Crippen molar-refractivity contribution in [2.75, 3.05) is 25.0 Å². The van der Waals surface area contributed by atoms with E-state index in [2.05, 4.69) is 59.3 Å². The van der Waals surface area contributed by atoms with Crippen LogP contribution in [0.3, 0.4) is 0 Å². The van der Waals surface area contributed by atoms with Gasteiger partial charge in [-0.15, -0.1) is 0 Å². The highest BCUT2D eigenvalue weighted by Crippen LogP contribution is 2.32. The minimum Gasteiger partial charge on any atom is -0.338 e. The Morgan fingerprint density at radius 1 is 0.905 bits per heavy atom. The summed E-state index contributed by atoms with van der Waals surface area (Å²) in [6.07, 6.45) is 2.38. The van der Waals surface area contributed by atoms with Crippen molar-refractivity contribution >= 4 is 23.0 Å². The molecule has 1 heterocycles. The molecule has 110 valence electrons. The van der Waals surface area contributed by atoms with E-state index in [1.165, 1.54) is 24.2 Å². The average Bonchev–Trinajstić information content (AvgIpc) is 2.52. The lowest BCUT2D eigenvalue weighted by molar-refractivity contribution is 0.255. The van der Waals surface area contributed by atoms with Crippen LogP contribution >= 0.6 is 11.6 Å². The molecule has 0 atom stereocenters. The Morgan fingerprint density at radius 3 is 2.10 bits per heavy atom. The van der Waals surface area contributed by atoms with Gasteiger partial charge in [0.15, 0.2) is 0 Å². The highest BCUT2D eigenvalue weighted by Gasteiger charge is 2.24. The SMILES string of the molecule is CN1CCC(N(c2ccccc2)c2ccc(Cl)cc2)CC1. The fourth-order valence-corrected chi connectivity index (χ4v) is 3.14. The Bertz CT molecular complexity index is 560. The second kappa shape index (κ2) is 6.50. The summed E-state index contributed by atoms with van der Waals surface area (Å²) in [5.41, 5.74) is 2.48. The zero-order chi connectivity index (χ0) is 14.7. The van der Waals surface area contributed by atoms with Crippen LogP contribution in [-0.2, 0) is 0 Å². The number of hydrogen-bond acceptors (Lipinski definition) is 2. The predicted octanol–water partition coefficient (Wildman–Crippen LogP) is 4.57. The van der Waals surface area contributed by atoms with Crippen LogP contribution in [0.2, 0.25) is 5.02 Å². The highest BCUT2D eigenvalue weighted by molar-refractivity contribution is 6.30. The minimum absolute atomic E-state index is 0.546. The van der Waals surface area contributed by atoms with Gasteiger partial charge in [0.2, 0.25) is 0 Å². The summed E-state index contributed by atoms with van der Waals surface area (Å²) in [4.78, 5) is 4.87. The molecule has 0 saturated carbocycles. The summed E-state index contributed by atoms with van der Waals surface area (Å²) in [6, 6.07) is 19.4. The van der Waals surface area contributed by atoms with Crippen LogP contribution in [0, 0.1) is 0 Å². The maximum Gasteiger partial charge on any atom is 0.0414 e. The summed E-state index contributed by atoms with van der Waals surface area (Å²) in [5.74, 6) is 0. The lowest BCUT2D eigenvalue weighted by Crippen LogP contribution is -2.41. The van der Waals surface area contributed by atoms with Gasteiger partial charge in [-0.25, -0.2) is 0 Å². The van der Waals surface area contributed by atoms with Gasteiger partial charge >= 0.3 is 0 Å². The van der Waals surface area contributed by atoms with Gasteiger partial charge in [0.1, 0.15) is 0 Å². The van der Waals surface area contributed by atoms with Gasteiger partial charge in [-0.3, -0.25) is 0 Å². The van der Waals surface area contributed by atoms with E-state index >= 15 is 0 Å². The Labute approximate surface area is 131 Å². The first kappa shape index (κ1) is 14.4. The van der Waals surface area contributed by atoms with Crippen molar-refractivity contribution in [2.24, 2.45) is 0 Å². The summed E-state index contributed by atoms with van der Waals surface area (Å²) in [7, 11) is 2.20. The van der Waals surface area contributed by atoms with E-state index in [9.17, 15) is 0 Å². The number of hydrogen-bond donors (Lipinski definition) is 0. The number of anilines is 2. The van der Waals surface area contributed by atoms with Crippen molar-refractivity contribution in [1.82, 2.24) is 4.90 Å². The van der Waals surface area contributed by atoms with Crippen LogP contribution in [0.4, 0.5) is 11.4 Å². The van der Waals surface area contributed by atoms with Crippen molar-refractivity contribution in [3.05, 3.63) is 59.6 Å². The summed E-state index contributed by atoms with van der Waals surface area (Å²) >= 11 is 6.04. The normalized spacial score (nSPS) is 16.9. The molecule has 3 rings (SSSR count). The molecule has 1 saturated heterocycles. The first-order valence-electron chi connectivity index (χ1n) is 7.52. The molecule has 3 heteroatoms. The first-order valence-corrected chi connectivity index (χ1v) is 7.90. The molecule has 0 unspecified atom stereocenters. The molecule has 1 aliphatic heterocycles. The molecule has 21 heavy (non-hydrogen) atoms. The third-order valence-electron chi connectivity index (χ3n) is 4.19. The topological polar surface area (TPSA) is 6.48 Å². The first-order chi connectivity index (χ1) is 10.2. The van der Waals surface area contributed by atoms with E-state index in [-0.39, 0.29) is 0 Å². The number of halogens is 1. The second-order valence-electron chi connectivity index (χ2n) is 5.72. The van der Waals surface area contributed by atoms with Gasteiger partial charge < -0.3 is 9.80 Å². The van der Waals surface area contributed by atoms with Crippen LogP contribution in [0.15, 0.2) is 54.6 Å². The largest absolute Gasteiger partial charge is 0.338 e. The van der Waals surface area contributed by atoms with E-state index < -0.39 is 0 Å². The second-order valence-corrected chi connectivity index (χ2v) is 6.15. The van der Waals surface area contributed by atoms with Gasteiger partial charge in [-0.1, -0.05) is 29.8 Å². The van der Waals surface area contributed by atoms with Crippen molar-refractivity contribution in [1.29, 1.82) is 0 Å². The van der Waals surface area contributed by atoms with E-state index in [0.717, 1.165) is 18.1 Å². The fraction of sp³-hybridized carbons (Fsp3) is 0.333. The minimum atomic E-state index is 0.546. The number of nitrogens with zero attached hydrogens (tertiary/aromatic N) is 2. The third-order valence-corrected chi connectivity index (χ3v) is 4.44. The maximum atomic E-state index is 6.04. The van der Waals surface area contributed by atoms with E-state index in [1.807, 2.05) is 12.1 Å².